The Morgan fingerprint density at radius 2 is 2.00 bits per heavy atom. The Morgan fingerprint density at radius 1 is 1.39 bits per heavy atom. The zero-order chi connectivity index (χ0) is 13.5. The standard InChI is InChI=1S/C14H17ClO3/c1-8(2)9-6-12(16)10(7-11(9)15)14(13(17)18)4-3-5-14/h6-8,16H,3-5H2,1-2H3,(H,17,18). The topological polar surface area (TPSA) is 57.5 Å². The lowest BCUT2D eigenvalue weighted by Crippen LogP contribution is -2.42. The number of halogens is 1. The fourth-order valence-corrected chi connectivity index (χ4v) is 2.91. The molecule has 0 atom stereocenters. The maximum atomic E-state index is 11.4. The molecule has 98 valence electrons. The SMILES string of the molecule is CC(C)c1cc(O)c(C2(C(=O)O)CCC2)cc1Cl. The van der Waals surface area contributed by atoms with Crippen LogP contribution in [-0.4, -0.2) is 16.2 Å². The van der Waals surface area contributed by atoms with Gasteiger partial charge in [-0.15, -0.1) is 0 Å². The molecule has 18 heavy (non-hydrogen) atoms. The first-order valence-corrected chi connectivity index (χ1v) is 6.52. The van der Waals surface area contributed by atoms with Crippen molar-refractivity contribution in [2.45, 2.75) is 44.4 Å². The Morgan fingerprint density at radius 3 is 2.39 bits per heavy atom. The van der Waals surface area contributed by atoms with Crippen molar-refractivity contribution in [3.05, 3.63) is 28.3 Å². The number of aliphatic carboxylic acids is 1. The maximum Gasteiger partial charge on any atom is 0.314 e. The summed E-state index contributed by atoms with van der Waals surface area (Å²) in [7, 11) is 0. The minimum atomic E-state index is -0.941. The molecular formula is C14H17ClO3. The number of carbonyl (C=O) groups is 1. The number of rotatable bonds is 3. The van der Waals surface area contributed by atoms with Crippen molar-refractivity contribution in [1.29, 1.82) is 0 Å². The van der Waals surface area contributed by atoms with Crippen LogP contribution >= 0.6 is 11.6 Å². The van der Waals surface area contributed by atoms with Crippen molar-refractivity contribution >= 4 is 17.6 Å². The minimum Gasteiger partial charge on any atom is -0.508 e. The van der Waals surface area contributed by atoms with Crippen molar-refractivity contribution < 1.29 is 15.0 Å². The highest BCUT2D eigenvalue weighted by atomic mass is 35.5. The van der Waals surface area contributed by atoms with Crippen LogP contribution in [-0.2, 0) is 10.2 Å². The summed E-state index contributed by atoms with van der Waals surface area (Å²) in [5.41, 5.74) is 0.358. The summed E-state index contributed by atoms with van der Waals surface area (Å²) in [4.78, 5) is 11.4. The molecule has 1 aliphatic rings. The summed E-state index contributed by atoms with van der Waals surface area (Å²) in [6.45, 7) is 3.97. The predicted molar refractivity (Wildman–Crippen MR) is 70.4 cm³/mol. The van der Waals surface area contributed by atoms with E-state index in [1.54, 1.807) is 12.1 Å². The second-order valence-electron chi connectivity index (χ2n) is 5.29. The molecule has 0 aliphatic heterocycles. The normalized spacial score (nSPS) is 17.6. The van der Waals surface area contributed by atoms with Crippen LogP contribution in [0.2, 0.25) is 5.02 Å². The third kappa shape index (κ3) is 1.87. The lowest BCUT2D eigenvalue weighted by Gasteiger charge is -2.38. The van der Waals surface area contributed by atoms with Gasteiger partial charge in [0.1, 0.15) is 5.75 Å². The molecule has 0 heterocycles. The van der Waals surface area contributed by atoms with Crippen molar-refractivity contribution in [3.63, 3.8) is 0 Å². The molecule has 1 aromatic carbocycles. The highest BCUT2D eigenvalue weighted by Gasteiger charge is 2.47. The van der Waals surface area contributed by atoms with E-state index in [0.29, 0.717) is 23.4 Å². The first-order valence-electron chi connectivity index (χ1n) is 6.15. The third-order valence-corrected chi connectivity index (χ3v) is 4.20. The number of aromatic hydroxyl groups is 1. The van der Waals surface area contributed by atoms with E-state index in [9.17, 15) is 15.0 Å². The summed E-state index contributed by atoms with van der Waals surface area (Å²) in [6, 6.07) is 3.23. The number of phenols is 1. The second-order valence-corrected chi connectivity index (χ2v) is 5.69. The maximum absolute atomic E-state index is 11.4. The van der Waals surface area contributed by atoms with Gasteiger partial charge in [-0.1, -0.05) is 31.9 Å². The molecular weight excluding hydrogens is 252 g/mol. The fraction of sp³-hybridized carbons (Fsp3) is 0.500. The highest BCUT2D eigenvalue weighted by Crippen LogP contribution is 2.48. The van der Waals surface area contributed by atoms with Crippen molar-refractivity contribution in [3.8, 4) is 5.75 Å². The molecule has 1 aromatic rings. The van der Waals surface area contributed by atoms with Crippen LogP contribution in [0.3, 0.4) is 0 Å². The molecule has 0 unspecified atom stereocenters. The Labute approximate surface area is 111 Å². The van der Waals surface area contributed by atoms with Gasteiger partial charge in [0.2, 0.25) is 0 Å². The van der Waals surface area contributed by atoms with E-state index in [4.69, 9.17) is 11.6 Å². The molecule has 3 nitrogen and oxygen atoms in total. The van der Waals surface area contributed by atoms with Crippen LogP contribution in [0.15, 0.2) is 12.1 Å². The number of carboxylic acid groups (broad SMARTS) is 1. The van der Waals surface area contributed by atoms with Crippen LogP contribution in [0.1, 0.15) is 50.2 Å². The quantitative estimate of drug-likeness (QED) is 0.879. The molecule has 4 heteroatoms. The summed E-state index contributed by atoms with van der Waals surface area (Å²) in [6.07, 6.45) is 2.00. The summed E-state index contributed by atoms with van der Waals surface area (Å²) >= 11 is 6.18. The van der Waals surface area contributed by atoms with Gasteiger partial charge in [0.15, 0.2) is 0 Å². The van der Waals surface area contributed by atoms with Gasteiger partial charge in [0.05, 0.1) is 5.41 Å². The molecule has 0 amide bonds. The zero-order valence-corrected chi connectivity index (χ0v) is 11.3. The Bertz CT molecular complexity index is 490. The molecule has 1 saturated carbocycles. The molecule has 1 fully saturated rings. The average molecular weight is 269 g/mol. The summed E-state index contributed by atoms with van der Waals surface area (Å²) < 4.78 is 0. The van der Waals surface area contributed by atoms with Gasteiger partial charge < -0.3 is 10.2 Å². The van der Waals surface area contributed by atoms with Crippen LogP contribution in [0, 0.1) is 0 Å². The number of hydrogen-bond acceptors (Lipinski definition) is 2. The van der Waals surface area contributed by atoms with E-state index >= 15 is 0 Å². The predicted octanol–water partition coefficient (Wildman–Crippen LogP) is 3.68. The van der Waals surface area contributed by atoms with E-state index in [1.165, 1.54) is 0 Å². The van der Waals surface area contributed by atoms with E-state index in [2.05, 4.69) is 0 Å². The molecule has 0 spiro atoms. The molecule has 0 radical (unpaired) electrons. The number of carboxylic acids is 1. The number of benzene rings is 1. The summed E-state index contributed by atoms with van der Waals surface area (Å²) in [5.74, 6) is -0.637. The van der Waals surface area contributed by atoms with Gasteiger partial charge in [-0.3, -0.25) is 4.79 Å². The van der Waals surface area contributed by atoms with Crippen molar-refractivity contribution in [2.75, 3.05) is 0 Å². The van der Waals surface area contributed by atoms with E-state index in [-0.39, 0.29) is 11.7 Å². The van der Waals surface area contributed by atoms with E-state index < -0.39 is 11.4 Å². The highest BCUT2D eigenvalue weighted by molar-refractivity contribution is 6.31. The lowest BCUT2D eigenvalue weighted by atomic mass is 9.64. The number of phenolic OH excluding ortho intramolecular Hbond substituents is 1. The van der Waals surface area contributed by atoms with Gasteiger partial charge in [-0.25, -0.2) is 0 Å². The number of hydrogen-bond donors (Lipinski definition) is 2. The second kappa shape index (κ2) is 4.47. The van der Waals surface area contributed by atoms with E-state index in [1.807, 2.05) is 13.8 Å². The fourth-order valence-electron chi connectivity index (χ4n) is 2.53. The van der Waals surface area contributed by atoms with Crippen LogP contribution in [0.5, 0.6) is 5.75 Å². The molecule has 0 saturated heterocycles. The molecule has 1 aliphatic carbocycles. The first-order chi connectivity index (χ1) is 8.38. The van der Waals surface area contributed by atoms with E-state index in [0.717, 1.165) is 12.0 Å². The van der Waals surface area contributed by atoms with Crippen LogP contribution in [0.25, 0.3) is 0 Å². The van der Waals surface area contributed by atoms with Gasteiger partial charge in [0, 0.05) is 10.6 Å². The molecule has 0 aromatic heterocycles. The smallest absolute Gasteiger partial charge is 0.314 e. The Kier molecular flexibility index (Phi) is 3.28. The summed E-state index contributed by atoms with van der Waals surface area (Å²) in [5, 5.41) is 20.0. The van der Waals surface area contributed by atoms with Crippen molar-refractivity contribution in [1.82, 2.24) is 0 Å². The monoisotopic (exact) mass is 268 g/mol. The molecule has 2 rings (SSSR count). The van der Waals surface area contributed by atoms with Gasteiger partial charge in [-0.05, 0) is 36.5 Å². The first kappa shape index (κ1) is 13.2. The van der Waals surface area contributed by atoms with Crippen LogP contribution < -0.4 is 0 Å². The Hall–Kier alpha value is -1.22. The third-order valence-electron chi connectivity index (χ3n) is 3.87. The van der Waals surface area contributed by atoms with Crippen LogP contribution in [0.4, 0.5) is 0 Å². The van der Waals surface area contributed by atoms with Gasteiger partial charge in [0.25, 0.3) is 0 Å². The molecule has 0 bridgehead atoms. The zero-order valence-electron chi connectivity index (χ0n) is 10.5. The Balaban J connectivity index is 2.53. The molecule has 2 N–H and O–H groups in total. The van der Waals surface area contributed by atoms with Crippen molar-refractivity contribution in [2.24, 2.45) is 0 Å². The lowest BCUT2D eigenvalue weighted by molar-refractivity contribution is -0.147. The van der Waals surface area contributed by atoms with Gasteiger partial charge in [-0.2, -0.15) is 0 Å². The average Bonchev–Trinajstić information content (AvgIpc) is 2.20. The largest absolute Gasteiger partial charge is 0.508 e. The van der Waals surface area contributed by atoms with Gasteiger partial charge >= 0.3 is 5.97 Å². The minimum absolute atomic E-state index is 0.0465.